The van der Waals surface area contributed by atoms with Crippen molar-refractivity contribution >= 4 is 34.5 Å². The van der Waals surface area contributed by atoms with E-state index in [-0.39, 0.29) is 5.91 Å². The first-order valence-electron chi connectivity index (χ1n) is 12.3. The molecule has 1 amide bonds. The molecule has 0 atom stereocenters. The van der Waals surface area contributed by atoms with Crippen LogP contribution in [0.1, 0.15) is 36.7 Å². The Morgan fingerprint density at radius 2 is 2.06 bits per heavy atom. The van der Waals surface area contributed by atoms with Gasteiger partial charge in [0.1, 0.15) is 17.3 Å². The molecule has 188 valence electrons. The number of carbonyl (C=O) groups is 1. The summed E-state index contributed by atoms with van der Waals surface area (Å²) in [6.07, 6.45) is 5.46. The third-order valence-corrected chi connectivity index (χ3v) is 6.91. The van der Waals surface area contributed by atoms with Crippen LogP contribution in [0.5, 0.6) is 5.75 Å². The summed E-state index contributed by atoms with van der Waals surface area (Å²) in [4.78, 5) is 24.7. The van der Waals surface area contributed by atoms with E-state index in [9.17, 15) is 4.79 Å². The number of amides is 1. The molecule has 10 nitrogen and oxygen atoms in total. The Morgan fingerprint density at radius 1 is 1.19 bits per heavy atom. The van der Waals surface area contributed by atoms with Crippen molar-refractivity contribution in [2.45, 2.75) is 37.9 Å². The van der Waals surface area contributed by atoms with Gasteiger partial charge in [0.05, 0.1) is 30.9 Å². The first kappa shape index (κ1) is 24.1. The summed E-state index contributed by atoms with van der Waals surface area (Å²) in [6, 6.07) is 9.30. The lowest BCUT2D eigenvalue weighted by atomic mass is 10.1. The first-order valence-corrected chi connectivity index (χ1v) is 13.2. The average molecular weight is 507 g/mol. The lowest BCUT2D eigenvalue weighted by Crippen LogP contribution is -2.30. The lowest BCUT2D eigenvalue weighted by Gasteiger charge is -2.28. The maximum Gasteiger partial charge on any atom is 0.269 e. The van der Waals surface area contributed by atoms with Gasteiger partial charge in [-0.1, -0.05) is 30.8 Å². The second-order valence-corrected chi connectivity index (χ2v) is 9.80. The van der Waals surface area contributed by atoms with Crippen molar-refractivity contribution in [1.29, 1.82) is 0 Å². The minimum atomic E-state index is -0.223. The van der Waals surface area contributed by atoms with E-state index in [1.807, 2.05) is 35.1 Å². The van der Waals surface area contributed by atoms with Crippen LogP contribution < -0.4 is 15.0 Å². The SMILES string of the molecule is CCSc1nc(N2CCCCC2)c2cnn(CCNC(=O)c3cc(-c4cccc(OC)c4)n[nH]3)c2n1. The molecule has 1 aromatic carbocycles. The van der Waals surface area contributed by atoms with E-state index in [4.69, 9.17) is 14.7 Å². The predicted octanol–water partition coefficient (Wildman–Crippen LogP) is 3.76. The Labute approximate surface area is 213 Å². The molecule has 2 N–H and O–H groups in total. The number of H-pyrrole nitrogens is 1. The van der Waals surface area contributed by atoms with E-state index in [0.29, 0.717) is 24.5 Å². The minimum absolute atomic E-state index is 0.223. The molecule has 11 heteroatoms. The first-order chi connectivity index (χ1) is 17.7. The Balaban J connectivity index is 1.28. The molecule has 1 saturated heterocycles. The van der Waals surface area contributed by atoms with E-state index in [1.54, 1.807) is 24.9 Å². The second-order valence-electron chi connectivity index (χ2n) is 8.57. The van der Waals surface area contributed by atoms with E-state index in [1.165, 1.54) is 19.3 Å². The third-order valence-electron chi connectivity index (χ3n) is 6.18. The summed E-state index contributed by atoms with van der Waals surface area (Å²) in [5.41, 5.74) is 2.75. The Hall–Kier alpha value is -3.60. The number of benzene rings is 1. The van der Waals surface area contributed by atoms with Crippen molar-refractivity contribution < 1.29 is 9.53 Å². The standard InChI is InChI=1S/C25H30N8O2S/c1-3-36-25-28-22(32-11-5-4-6-12-32)19-16-27-33(23(19)29-25)13-10-26-24(34)21-15-20(30-31-21)17-8-7-9-18(14-17)35-2/h7-9,14-16H,3-6,10-13H2,1-2H3,(H,26,34)(H,30,31). The van der Waals surface area contributed by atoms with Gasteiger partial charge in [-0.25, -0.2) is 14.6 Å². The predicted molar refractivity (Wildman–Crippen MR) is 141 cm³/mol. The largest absolute Gasteiger partial charge is 0.497 e. The smallest absolute Gasteiger partial charge is 0.269 e. The van der Waals surface area contributed by atoms with Crippen LogP contribution in [0.15, 0.2) is 41.7 Å². The van der Waals surface area contributed by atoms with E-state index in [2.05, 4.69) is 32.4 Å². The highest BCUT2D eigenvalue weighted by molar-refractivity contribution is 7.99. The van der Waals surface area contributed by atoms with Gasteiger partial charge in [-0.3, -0.25) is 9.89 Å². The number of aromatic amines is 1. The van der Waals surface area contributed by atoms with Crippen molar-refractivity contribution in [3.8, 4) is 17.0 Å². The van der Waals surface area contributed by atoms with Gasteiger partial charge in [0.25, 0.3) is 5.91 Å². The number of ether oxygens (including phenoxy) is 1. The summed E-state index contributed by atoms with van der Waals surface area (Å²) in [5.74, 6) is 2.38. The zero-order valence-corrected chi connectivity index (χ0v) is 21.3. The molecule has 0 aliphatic carbocycles. The normalized spacial score (nSPS) is 13.8. The molecule has 1 aliphatic heterocycles. The van der Waals surface area contributed by atoms with Crippen molar-refractivity contribution in [3.63, 3.8) is 0 Å². The van der Waals surface area contributed by atoms with Gasteiger partial charge in [-0.05, 0) is 43.2 Å². The number of rotatable bonds is 9. The number of methoxy groups -OCH3 is 1. The third kappa shape index (κ3) is 5.15. The van der Waals surface area contributed by atoms with Crippen molar-refractivity contribution in [3.05, 3.63) is 42.2 Å². The highest BCUT2D eigenvalue weighted by Gasteiger charge is 2.20. The maximum absolute atomic E-state index is 12.7. The molecule has 0 bridgehead atoms. The zero-order chi connectivity index (χ0) is 24.9. The molecule has 4 aromatic rings. The molecule has 0 unspecified atom stereocenters. The molecule has 0 radical (unpaired) electrons. The number of aromatic nitrogens is 6. The van der Waals surface area contributed by atoms with Gasteiger partial charge < -0.3 is 15.0 Å². The van der Waals surface area contributed by atoms with Crippen LogP contribution in [0.4, 0.5) is 5.82 Å². The molecule has 1 aliphatic rings. The fourth-order valence-corrected chi connectivity index (χ4v) is 4.92. The van der Waals surface area contributed by atoms with Crippen molar-refractivity contribution in [2.24, 2.45) is 0 Å². The summed E-state index contributed by atoms with van der Waals surface area (Å²) in [6.45, 7) is 5.01. The van der Waals surface area contributed by atoms with E-state index >= 15 is 0 Å². The van der Waals surface area contributed by atoms with Crippen LogP contribution >= 0.6 is 11.8 Å². The monoisotopic (exact) mass is 506 g/mol. The minimum Gasteiger partial charge on any atom is -0.497 e. The number of anilines is 1. The molecule has 0 saturated carbocycles. The van der Waals surface area contributed by atoms with Gasteiger partial charge in [0.2, 0.25) is 0 Å². The number of thioether (sulfide) groups is 1. The highest BCUT2D eigenvalue weighted by atomic mass is 32.2. The average Bonchev–Trinajstić information content (AvgIpc) is 3.57. The molecule has 5 rings (SSSR count). The lowest BCUT2D eigenvalue weighted by molar-refractivity contribution is 0.0947. The summed E-state index contributed by atoms with van der Waals surface area (Å²) < 4.78 is 7.12. The van der Waals surface area contributed by atoms with Gasteiger partial charge in [0.15, 0.2) is 10.8 Å². The molecule has 3 aromatic heterocycles. The maximum atomic E-state index is 12.7. The van der Waals surface area contributed by atoms with Crippen molar-refractivity contribution in [2.75, 3.05) is 37.4 Å². The summed E-state index contributed by atoms with van der Waals surface area (Å²) in [5, 5.41) is 16.4. The second kappa shape index (κ2) is 11.0. The number of fused-ring (bicyclic) bond motifs is 1. The van der Waals surface area contributed by atoms with Crippen LogP contribution in [-0.2, 0) is 6.54 Å². The summed E-state index contributed by atoms with van der Waals surface area (Å²) in [7, 11) is 1.62. The van der Waals surface area contributed by atoms with Crippen molar-refractivity contribution in [1.82, 2.24) is 35.3 Å². The van der Waals surface area contributed by atoms with Gasteiger partial charge >= 0.3 is 0 Å². The quantitative estimate of drug-likeness (QED) is 0.261. The number of piperidine rings is 1. The fourth-order valence-electron chi connectivity index (χ4n) is 4.36. The fraction of sp³-hybridized carbons (Fsp3) is 0.400. The topological polar surface area (TPSA) is 114 Å². The molecule has 36 heavy (non-hydrogen) atoms. The molecular formula is C25H30N8O2S. The Bertz CT molecular complexity index is 1350. The number of hydrogen-bond acceptors (Lipinski definition) is 8. The molecular weight excluding hydrogens is 476 g/mol. The molecule has 4 heterocycles. The van der Waals surface area contributed by atoms with E-state index < -0.39 is 0 Å². The van der Waals surface area contributed by atoms with Crippen LogP contribution in [0, 0.1) is 0 Å². The van der Waals surface area contributed by atoms with Gasteiger partial charge in [-0.2, -0.15) is 10.2 Å². The highest BCUT2D eigenvalue weighted by Crippen LogP contribution is 2.29. The number of hydrogen-bond donors (Lipinski definition) is 2. The van der Waals surface area contributed by atoms with Crippen LogP contribution in [0.2, 0.25) is 0 Å². The molecule has 1 fully saturated rings. The molecule has 0 spiro atoms. The number of nitrogens with one attached hydrogen (secondary N) is 2. The Morgan fingerprint density at radius 3 is 2.86 bits per heavy atom. The van der Waals surface area contributed by atoms with Crippen LogP contribution in [0.25, 0.3) is 22.3 Å². The van der Waals surface area contributed by atoms with Gasteiger partial charge in [-0.15, -0.1) is 0 Å². The number of nitrogens with zero attached hydrogens (tertiary/aromatic N) is 6. The zero-order valence-electron chi connectivity index (χ0n) is 20.5. The van der Waals surface area contributed by atoms with Crippen LogP contribution in [0.3, 0.4) is 0 Å². The summed E-state index contributed by atoms with van der Waals surface area (Å²) >= 11 is 1.63. The number of carbonyl (C=O) groups excluding carboxylic acids is 1. The Kier molecular flexibility index (Phi) is 7.36. The van der Waals surface area contributed by atoms with Crippen LogP contribution in [-0.4, -0.2) is 68.3 Å². The van der Waals surface area contributed by atoms with Gasteiger partial charge in [0, 0.05) is 25.2 Å². The van der Waals surface area contributed by atoms with E-state index in [0.717, 1.165) is 52.2 Å².